The third-order valence-electron chi connectivity index (χ3n) is 7.10. The van der Waals surface area contributed by atoms with Gasteiger partial charge < -0.3 is 30.5 Å². The van der Waals surface area contributed by atoms with Crippen LogP contribution in [0, 0.1) is 18.7 Å². The molecule has 0 spiro atoms. The smallest absolute Gasteiger partial charge is 0.410 e. The Labute approximate surface area is 241 Å². The molecule has 1 saturated heterocycles. The predicted octanol–water partition coefficient (Wildman–Crippen LogP) is 4.27. The number of carbonyl (C=O) groups excluding carboxylic acids is 1. The highest BCUT2D eigenvalue weighted by Gasteiger charge is 2.28. The van der Waals surface area contributed by atoms with Crippen LogP contribution in [0.3, 0.4) is 0 Å². The Morgan fingerprint density at radius 3 is 2.44 bits per heavy atom. The molecule has 4 heterocycles. The summed E-state index contributed by atoms with van der Waals surface area (Å²) in [5.74, 6) is 0.721. The molecule has 11 nitrogen and oxygen atoms in total. The molecule has 222 valence electrons. The zero-order valence-corrected chi connectivity index (χ0v) is 25.2. The molecule has 3 N–H and O–H groups in total. The van der Waals surface area contributed by atoms with Crippen molar-refractivity contribution in [3.63, 3.8) is 0 Å². The molecule has 0 saturated carbocycles. The van der Waals surface area contributed by atoms with E-state index in [4.69, 9.17) is 10.5 Å². The van der Waals surface area contributed by atoms with Crippen LogP contribution in [0.4, 0.5) is 32.5 Å². The summed E-state index contributed by atoms with van der Waals surface area (Å²) in [7, 11) is 1.76. The van der Waals surface area contributed by atoms with Gasteiger partial charge in [0.25, 0.3) is 0 Å². The highest BCUT2D eigenvalue weighted by molar-refractivity contribution is 6.03. The Morgan fingerprint density at radius 1 is 1.12 bits per heavy atom. The van der Waals surface area contributed by atoms with Gasteiger partial charge in [0.1, 0.15) is 11.4 Å². The lowest BCUT2D eigenvalue weighted by Crippen LogP contribution is -2.50. The van der Waals surface area contributed by atoms with Gasteiger partial charge in [-0.1, -0.05) is 13.8 Å². The van der Waals surface area contributed by atoms with E-state index in [1.165, 1.54) is 6.20 Å². The highest BCUT2D eigenvalue weighted by Crippen LogP contribution is 2.28. The molecule has 0 aromatic carbocycles. The van der Waals surface area contributed by atoms with Gasteiger partial charge in [-0.05, 0) is 45.2 Å². The first-order chi connectivity index (χ1) is 19.4. The number of aliphatic imine (C=N–C) groups is 1. The van der Waals surface area contributed by atoms with Crippen molar-refractivity contribution in [2.75, 3.05) is 61.4 Å². The van der Waals surface area contributed by atoms with Crippen molar-refractivity contribution in [1.29, 1.82) is 0 Å². The topological polar surface area (TPSA) is 125 Å². The second kappa shape index (κ2) is 12.3. The monoisotopic (exact) mass is 567 g/mol. The van der Waals surface area contributed by atoms with Crippen LogP contribution in [0.2, 0.25) is 0 Å². The summed E-state index contributed by atoms with van der Waals surface area (Å²) < 4.78 is 20.4. The first kappa shape index (κ1) is 30.0. The Bertz CT molecular complexity index is 1330. The van der Waals surface area contributed by atoms with Gasteiger partial charge in [-0.3, -0.25) is 4.99 Å². The number of piperazine rings is 1. The summed E-state index contributed by atoms with van der Waals surface area (Å²) in [4.78, 5) is 35.9. The molecular weight excluding hydrogens is 525 g/mol. The Balaban J connectivity index is 1.43. The Morgan fingerprint density at radius 2 is 1.83 bits per heavy atom. The van der Waals surface area contributed by atoms with Gasteiger partial charge in [-0.25, -0.2) is 19.2 Å². The van der Waals surface area contributed by atoms with Crippen molar-refractivity contribution < 1.29 is 13.9 Å². The van der Waals surface area contributed by atoms with Gasteiger partial charge >= 0.3 is 6.09 Å². The largest absolute Gasteiger partial charge is 0.444 e. The van der Waals surface area contributed by atoms with Crippen LogP contribution in [0.1, 0.15) is 46.6 Å². The first-order valence-corrected chi connectivity index (χ1v) is 14.0. The van der Waals surface area contributed by atoms with E-state index in [-0.39, 0.29) is 23.8 Å². The normalized spacial score (nSPS) is 16.9. The Kier molecular flexibility index (Phi) is 8.98. The van der Waals surface area contributed by atoms with E-state index in [0.717, 1.165) is 28.2 Å². The quantitative estimate of drug-likeness (QED) is 0.492. The lowest BCUT2D eigenvalue weighted by atomic mass is 9.94. The number of nitrogens with zero attached hydrogens (tertiary/aromatic N) is 7. The summed E-state index contributed by atoms with van der Waals surface area (Å²) in [5, 5.41) is 3.12. The minimum atomic E-state index is -0.518. The van der Waals surface area contributed by atoms with Crippen LogP contribution in [0.5, 0.6) is 0 Å². The third-order valence-corrected chi connectivity index (χ3v) is 7.10. The van der Waals surface area contributed by atoms with Crippen molar-refractivity contribution in [2.45, 2.75) is 53.6 Å². The number of nitrogens with two attached hydrogens (primary N) is 1. The summed E-state index contributed by atoms with van der Waals surface area (Å²) in [6.45, 7) is 15.2. The molecule has 0 radical (unpaired) electrons. The number of aryl methyl sites for hydroxylation is 1. The number of ether oxygens (including phenoxy) is 1. The number of rotatable bonds is 6. The number of nitrogens with one attached hydrogen (secondary N) is 1. The van der Waals surface area contributed by atoms with Gasteiger partial charge in [0.2, 0.25) is 5.95 Å². The van der Waals surface area contributed by atoms with Crippen LogP contribution in [-0.4, -0.2) is 83.6 Å². The lowest BCUT2D eigenvalue weighted by molar-refractivity contribution is 0.0240. The number of amides is 1. The fourth-order valence-electron chi connectivity index (χ4n) is 5.10. The van der Waals surface area contributed by atoms with Crippen molar-refractivity contribution in [3.05, 3.63) is 41.1 Å². The second-order valence-electron chi connectivity index (χ2n) is 11.7. The van der Waals surface area contributed by atoms with E-state index in [0.29, 0.717) is 51.5 Å². The fourth-order valence-corrected chi connectivity index (χ4v) is 5.10. The molecular formula is C29H42FN9O2. The number of aromatic nitrogens is 3. The molecule has 1 amide bonds. The van der Waals surface area contributed by atoms with E-state index in [1.807, 2.05) is 38.7 Å². The van der Waals surface area contributed by atoms with E-state index in [9.17, 15) is 9.18 Å². The maximum Gasteiger partial charge on any atom is 0.410 e. The number of hydrogen-bond donors (Lipinski definition) is 2. The van der Waals surface area contributed by atoms with E-state index < -0.39 is 11.4 Å². The molecule has 2 aliphatic heterocycles. The molecule has 0 unspecified atom stereocenters. The zero-order valence-electron chi connectivity index (χ0n) is 25.2. The second-order valence-corrected chi connectivity index (χ2v) is 11.7. The number of anilines is 4. The van der Waals surface area contributed by atoms with Gasteiger partial charge in [-0.15, -0.1) is 0 Å². The van der Waals surface area contributed by atoms with Crippen LogP contribution in [-0.2, 0) is 4.74 Å². The molecule has 2 aromatic rings. The Hall–Kier alpha value is -3.96. The molecule has 0 aliphatic carbocycles. The maximum atomic E-state index is 14.9. The minimum Gasteiger partial charge on any atom is -0.444 e. The van der Waals surface area contributed by atoms with Gasteiger partial charge in [0.05, 0.1) is 18.1 Å². The number of halogens is 1. The summed E-state index contributed by atoms with van der Waals surface area (Å²) in [6, 6.07) is 1.91. The van der Waals surface area contributed by atoms with Crippen LogP contribution in [0.25, 0.3) is 0 Å². The molecule has 0 atom stereocenters. The summed E-state index contributed by atoms with van der Waals surface area (Å²) in [5.41, 5.74) is 10.4. The average molecular weight is 568 g/mol. The van der Waals surface area contributed by atoms with Crippen LogP contribution < -0.4 is 20.9 Å². The van der Waals surface area contributed by atoms with Crippen molar-refractivity contribution in [1.82, 2.24) is 19.9 Å². The number of hydrogen-bond acceptors (Lipinski definition) is 10. The van der Waals surface area contributed by atoms with Crippen LogP contribution >= 0.6 is 0 Å². The van der Waals surface area contributed by atoms with Gasteiger partial charge in [0.15, 0.2) is 11.6 Å². The number of carbonyl (C=O) groups is 1. The lowest BCUT2D eigenvalue weighted by Gasteiger charge is -2.37. The summed E-state index contributed by atoms with van der Waals surface area (Å²) >= 11 is 0. The molecule has 12 heteroatoms. The summed E-state index contributed by atoms with van der Waals surface area (Å²) in [6.07, 6.45) is 3.29. The molecule has 41 heavy (non-hydrogen) atoms. The number of pyridine rings is 1. The van der Waals surface area contributed by atoms with Gasteiger partial charge in [-0.2, -0.15) is 4.98 Å². The van der Waals surface area contributed by atoms with Crippen molar-refractivity contribution >= 4 is 35.1 Å². The third kappa shape index (κ3) is 7.22. The molecule has 2 aliphatic rings. The molecule has 2 aromatic heterocycles. The SMILES string of the molecule is CN=C(C1=C(N)CCN(c2nc(Nc3cc(C)c(N4CCN(C(=O)OC(C)(C)C)CC4)cn3)ncc2F)C1)C(C)C. The highest BCUT2D eigenvalue weighted by atomic mass is 19.1. The van der Waals surface area contributed by atoms with E-state index >= 15 is 0 Å². The zero-order chi connectivity index (χ0) is 29.9. The van der Waals surface area contributed by atoms with Gasteiger partial charge in [0, 0.05) is 69.7 Å². The average Bonchev–Trinajstić information content (AvgIpc) is 2.90. The molecule has 4 rings (SSSR count). The van der Waals surface area contributed by atoms with E-state index in [2.05, 4.69) is 44.0 Å². The first-order valence-electron chi connectivity index (χ1n) is 14.0. The molecule has 1 fully saturated rings. The standard InChI is InChI=1S/C29H42FN9O2/c1-18(2)25(32-7)20-17-39(9-8-22(20)31)26-21(30)15-34-27(36-26)35-24-14-19(3)23(16-33-24)37-10-12-38(13-11-37)28(40)41-29(4,5)6/h14-16,18H,8-13,17,31H2,1-7H3,(H,33,34,35,36). The predicted molar refractivity (Wildman–Crippen MR) is 161 cm³/mol. The van der Waals surface area contributed by atoms with Crippen LogP contribution in [0.15, 0.2) is 34.7 Å². The molecule has 0 bridgehead atoms. The van der Waals surface area contributed by atoms with E-state index in [1.54, 1.807) is 18.1 Å². The maximum absolute atomic E-state index is 14.9. The fraction of sp³-hybridized carbons (Fsp3) is 0.552. The van der Waals surface area contributed by atoms with Crippen molar-refractivity contribution in [3.8, 4) is 0 Å². The minimum absolute atomic E-state index is 0.201. The van der Waals surface area contributed by atoms with Crippen molar-refractivity contribution in [2.24, 2.45) is 16.6 Å².